The lowest BCUT2D eigenvalue weighted by atomic mass is 10.1. The fourth-order valence-electron chi connectivity index (χ4n) is 2.46. The number of nitrogen functional groups attached to an aromatic ring is 1. The fourth-order valence-corrected chi connectivity index (χ4v) is 3.54. The maximum atomic E-state index is 12.0. The van der Waals surface area contributed by atoms with Crippen molar-refractivity contribution in [1.29, 1.82) is 0 Å². The fraction of sp³-hybridized carbons (Fsp3) is 0.308. The molecule has 1 saturated heterocycles. The summed E-state index contributed by atoms with van der Waals surface area (Å²) in [5.41, 5.74) is 11.0. The van der Waals surface area contributed by atoms with Gasteiger partial charge in [-0.05, 0) is 18.6 Å². The monoisotopic (exact) mass is 326 g/mol. The molecule has 2 amide bonds. The summed E-state index contributed by atoms with van der Waals surface area (Å²) in [5, 5.41) is 0.908. The summed E-state index contributed by atoms with van der Waals surface area (Å²) in [6, 6.07) is 3.85. The molecule has 0 aromatic carbocycles. The Hall–Kier alpha value is -1.86. The van der Waals surface area contributed by atoms with Gasteiger partial charge in [0.2, 0.25) is 11.8 Å². The van der Waals surface area contributed by atoms with Gasteiger partial charge >= 0.3 is 0 Å². The zero-order valence-corrected chi connectivity index (χ0v) is 12.7. The Morgan fingerprint density at radius 1 is 1.52 bits per heavy atom. The Labute approximate surface area is 131 Å². The summed E-state index contributed by atoms with van der Waals surface area (Å²) in [5.74, 6) is -0.896. The molecule has 1 fully saturated rings. The number of anilines is 1. The van der Waals surface area contributed by atoms with E-state index in [0.717, 1.165) is 15.0 Å². The Bertz CT molecular complexity index is 703. The van der Waals surface area contributed by atoms with Gasteiger partial charge in [0.15, 0.2) is 0 Å². The number of likely N-dealkylation sites (tertiary alicyclic amines) is 1. The molecule has 3 heterocycles. The Morgan fingerprint density at radius 3 is 2.90 bits per heavy atom. The summed E-state index contributed by atoms with van der Waals surface area (Å²) in [6.07, 6.45) is 2.17. The van der Waals surface area contributed by atoms with E-state index in [2.05, 4.69) is 4.98 Å². The molecule has 1 atom stereocenters. The van der Waals surface area contributed by atoms with Crippen molar-refractivity contribution >= 4 is 51.5 Å². The van der Waals surface area contributed by atoms with Crippen LogP contribution >= 0.6 is 23.7 Å². The average Bonchev–Trinajstić information content (AvgIpc) is 2.95. The molecule has 8 heteroatoms. The van der Waals surface area contributed by atoms with Crippen molar-refractivity contribution < 1.29 is 9.59 Å². The van der Waals surface area contributed by atoms with Gasteiger partial charge in [-0.2, -0.15) is 0 Å². The van der Waals surface area contributed by atoms with Gasteiger partial charge in [0.25, 0.3) is 0 Å². The second-order valence-electron chi connectivity index (χ2n) is 4.82. The van der Waals surface area contributed by atoms with E-state index in [1.54, 1.807) is 22.4 Å². The lowest BCUT2D eigenvalue weighted by Crippen LogP contribution is -2.32. The van der Waals surface area contributed by atoms with Crippen molar-refractivity contribution in [3.05, 3.63) is 23.2 Å². The molecule has 6 nitrogen and oxygen atoms in total. The van der Waals surface area contributed by atoms with E-state index in [9.17, 15) is 9.59 Å². The number of carbonyl (C=O) groups is 2. The van der Waals surface area contributed by atoms with Crippen LogP contribution in [0.1, 0.15) is 11.3 Å². The number of primary amides is 1. The number of nitrogens with zero attached hydrogens (tertiary/aromatic N) is 2. The predicted octanol–water partition coefficient (Wildman–Crippen LogP) is 1.13. The highest BCUT2D eigenvalue weighted by atomic mass is 35.5. The third-order valence-electron chi connectivity index (χ3n) is 3.51. The minimum atomic E-state index is -0.670. The van der Waals surface area contributed by atoms with Gasteiger partial charge in [-0.25, -0.2) is 4.98 Å². The van der Waals surface area contributed by atoms with E-state index < -0.39 is 11.8 Å². The molecule has 4 N–H and O–H groups in total. The maximum Gasteiger partial charge on any atom is 0.235 e. The minimum absolute atomic E-state index is 0. The summed E-state index contributed by atoms with van der Waals surface area (Å²) >= 11 is 1.58. The third-order valence-corrected chi connectivity index (χ3v) is 4.60. The van der Waals surface area contributed by atoms with Crippen LogP contribution in [-0.4, -0.2) is 28.2 Å². The van der Waals surface area contributed by atoms with Crippen LogP contribution in [0.15, 0.2) is 18.3 Å². The number of fused-ring (bicyclic) bond motifs is 1. The van der Waals surface area contributed by atoms with E-state index in [-0.39, 0.29) is 18.3 Å². The molecule has 2 aromatic heterocycles. The van der Waals surface area contributed by atoms with Gasteiger partial charge in [0.1, 0.15) is 11.7 Å². The van der Waals surface area contributed by atoms with Crippen molar-refractivity contribution in [2.24, 2.45) is 11.7 Å². The van der Waals surface area contributed by atoms with Crippen LogP contribution in [0.2, 0.25) is 0 Å². The molecule has 0 unspecified atom stereocenters. The van der Waals surface area contributed by atoms with Gasteiger partial charge in [0.05, 0.1) is 6.54 Å². The zero-order valence-electron chi connectivity index (χ0n) is 11.1. The number of halogens is 1. The Balaban J connectivity index is 0.00000161. The molecule has 0 spiro atoms. The van der Waals surface area contributed by atoms with Crippen molar-refractivity contribution in [1.82, 2.24) is 9.88 Å². The lowest BCUT2D eigenvalue weighted by Gasteiger charge is -2.14. The quantitative estimate of drug-likeness (QED) is 0.825. The molecule has 1 aliphatic rings. The van der Waals surface area contributed by atoms with Gasteiger partial charge in [-0.15, -0.1) is 23.7 Å². The third kappa shape index (κ3) is 2.79. The van der Waals surface area contributed by atoms with Crippen molar-refractivity contribution in [2.45, 2.75) is 13.0 Å². The Morgan fingerprint density at radius 2 is 2.29 bits per heavy atom. The first kappa shape index (κ1) is 15.5. The van der Waals surface area contributed by atoms with Gasteiger partial charge in [-0.3, -0.25) is 9.59 Å². The molecule has 112 valence electrons. The lowest BCUT2D eigenvalue weighted by molar-refractivity contribution is -0.136. The molecule has 0 saturated carbocycles. The number of rotatable bonds is 3. The van der Waals surface area contributed by atoms with E-state index in [1.165, 1.54) is 0 Å². The molecule has 0 aliphatic carbocycles. The second-order valence-corrected chi connectivity index (χ2v) is 5.99. The molecule has 21 heavy (non-hydrogen) atoms. The van der Waals surface area contributed by atoms with Crippen LogP contribution in [0.4, 0.5) is 5.82 Å². The average molecular weight is 327 g/mol. The summed E-state index contributed by atoms with van der Waals surface area (Å²) in [7, 11) is 0. The molecule has 0 bridgehead atoms. The summed E-state index contributed by atoms with van der Waals surface area (Å²) < 4.78 is 1.05. The second kappa shape index (κ2) is 5.87. The van der Waals surface area contributed by atoms with Gasteiger partial charge in [-0.1, -0.05) is 0 Å². The molecular weight excluding hydrogens is 312 g/mol. The first-order chi connectivity index (χ1) is 9.56. The van der Waals surface area contributed by atoms with Crippen LogP contribution < -0.4 is 11.5 Å². The number of carbonyl (C=O) groups excluding carboxylic acids is 2. The van der Waals surface area contributed by atoms with Crippen LogP contribution in [0.25, 0.3) is 10.1 Å². The van der Waals surface area contributed by atoms with Gasteiger partial charge < -0.3 is 16.4 Å². The topological polar surface area (TPSA) is 102 Å². The molecule has 1 aliphatic heterocycles. The van der Waals surface area contributed by atoms with E-state index in [4.69, 9.17) is 11.5 Å². The number of aromatic nitrogens is 1. The highest BCUT2D eigenvalue weighted by Gasteiger charge is 2.35. The largest absolute Gasteiger partial charge is 0.383 e. The Kier molecular flexibility index (Phi) is 4.34. The van der Waals surface area contributed by atoms with Crippen LogP contribution in [0.5, 0.6) is 0 Å². The predicted molar refractivity (Wildman–Crippen MR) is 84.0 cm³/mol. The van der Waals surface area contributed by atoms with E-state index >= 15 is 0 Å². The number of thiophene rings is 1. The van der Waals surface area contributed by atoms with Gasteiger partial charge in [0, 0.05) is 27.7 Å². The zero-order chi connectivity index (χ0) is 14.3. The SMILES string of the molecule is Cl.NC(=O)[C@@H]1CCN(Cc2cc3c(N)nccc3s2)C1=O. The molecule has 3 rings (SSSR count). The van der Waals surface area contributed by atoms with Crippen molar-refractivity contribution in [3.8, 4) is 0 Å². The summed E-state index contributed by atoms with van der Waals surface area (Å²) in [4.78, 5) is 29.9. The van der Waals surface area contributed by atoms with Crippen molar-refractivity contribution in [2.75, 3.05) is 12.3 Å². The molecule has 2 aromatic rings. The standard InChI is InChI=1S/C13H14N4O2S.ClH/c14-11-9-5-7(20-10(9)1-3-16-11)6-17-4-2-8(12(15)18)13(17)19;/h1,3,5,8H,2,4,6H2,(H2,14,16)(H2,15,18);1H/t8-;/m0./s1. The number of hydrogen-bond acceptors (Lipinski definition) is 5. The van der Waals surface area contributed by atoms with Crippen LogP contribution in [0, 0.1) is 5.92 Å². The normalized spacial score (nSPS) is 18.0. The first-order valence-electron chi connectivity index (χ1n) is 6.27. The smallest absolute Gasteiger partial charge is 0.235 e. The number of pyridine rings is 1. The number of hydrogen-bond donors (Lipinski definition) is 2. The number of nitrogens with two attached hydrogens (primary N) is 2. The number of amides is 2. The van der Waals surface area contributed by atoms with E-state index in [0.29, 0.717) is 25.3 Å². The summed E-state index contributed by atoms with van der Waals surface area (Å²) in [6.45, 7) is 1.05. The highest BCUT2D eigenvalue weighted by Crippen LogP contribution is 2.30. The van der Waals surface area contributed by atoms with Crippen molar-refractivity contribution in [3.63, 3.8) is 0 Å². The minimum Gasteiger partial charge on any atom is -0.383 e. The van der Waals surface area contributed by atoms with Crippen LogP contribution in [0.3, 0.4) is 0 Å². The molecule has 0 radical (unpaired) electrons. The maximum absolute atomic E-state index is 12.0. The van der Waals surface area contributed by atoms with Crippen LogP contribution in [-0.2, 0) is 16.1 Å². The highest BCUT2D eigenvalue weighted by molar-refractivity contribution is 7.19. The molecular formula is C13H15ClN4O2S. The van der Waals surface area contributed by atoms with E-state index in [1.807, 2.05) is 12.1 Å². The first-order valence-corrected chi connectivity index (χ1v) is 7.09.